The van der Waals surface area contributed by atoms with Crippen LogP contribution >= 0.6 is 11.8 Å². The van der Waals surface area contributed by atoms with E-state index in [1.807, 2.05) is 55.5 Å². The second-order valence-corrected chi connectivity index (χ2v) is 9.58. The van der Waals surface area contributed by atoms with Crippen LogP contribution in [0.4, 0.5) is 5.69 Å². The molecule has 2 aromatic carbocycles. The largest absolute Gasteiger partial charge is 0.411 e. The Morgan fingerprint density at radius 1 is 1.03 bits per heavy atom. The lowest BCUT2D eigenvalue weighted by atomic mass is 9.87. The van der Waals surface area contributed by atoms with Crippen molar-refractivity contribution in [3.05, 3.63) is 59.7 Å². The highest BCUT2D eigenvalue weighted by Gasteiger charge is 2.17. The minimum Gasteiger partial charge on any atom is -0.411 e. The normalized spacial score (nSPS) is 11.3. The molecule has 2 amide bonds. The molecule has 1 aromatic heterocycles. The topological polar surface area (TPSA) is 88.3 Å². The molecule has 0 saturated heterocycles. The number of hydrogen-bond donors (Lipinski definition) is 1. The van der Waals surface area contributed by atoms with Gasteiger partial charge in [0, 0.05) is 18.3 Å². The van der Waals surface area contributed by atoms with Gasteiger partial charge in [0.1, 0.15) is 0 Å². The Morgan fingerprint density at radius 2 is 1.69 bits per heavy atom. The maximum absolute atomic E-state index is 12.4. The first kappa shape index (κ1) is 23.5. The average Bonchev–Trinajstić information content (AvgIpc) is 3.22. The van der Waals surface area contributed by atoms with Gasteiger partial charge in [0.2, 0.25) is 17.7 Å². The molecule has 0 saturated carbocycles. The molecule has 1 N–H and O–H groups in total. The zero-order chi connectivity index (χ0) is 23.3. The lowest BCUT2D eigenvalue weighted by Crippen LogP contribution is -2.35. The van der Waals surface area contributed by atoms with E-state index in [2.05, 4.69) is 36.3 Å². The number of anilines is 1. The van der Waals surface area contributed by atoms with E-state index in [1.165, 1.54) is 10.5 Å². The molecule has 0 aliphatic rings. The molecular formula is C24H28N4O3S. The number of carbonyl (C=O) groups excluding carboxylic acids is 2. The molecule has 7 nitrogen and oxygen atoms in total. The molecule has 168 valence electrons. The summed E-state index contributed by atoms with van der Waals surface area (Å²) in [7, 11) is 1.59. The third kappa shape index (κ3) is 6.43. The van der Waals surface area contributed by atoms with Crippen molar-refractivity contribution in [2.45, 2.75) is 38.3 Å². The molecule has 32 heavy (non-hydrogen) atoms. The first-order chi connectivity index (χ1) is 15.1. The highest BCUT2D eigenvalue weighted by molar-refractivity contribution is 7.99. The summed E-state index contributed by atoms with van der Waals surface area (Å²) in [5, 5.41) is 11.2. The summed E-state index contributed by atoms with van der Waals surface area (Å²) in [5.41, 5.74) is 3.92. The van der Waals surface area contributed by atoms with Crippen molar-refractivity contribution < 1.29 is 14.0 Å². The van der Waals surface area contributed by atoms with Crippen molar-refractivity contribution in [1.82, 2.24) is 15.1 Å². The Bertz CT molecular complexity index is 1070. The molecule has 3 aromatic rings. The summed E-state index contributed by atoms with van der Waals surface area (Å²) in [4.78, 5) is 25.9. The summed E-state index contributed by atoms with van der Waals surface area (Å²) in [6.07, 6.45) is 0. The Morgan fingerprint density at radius 3 is 2.31 bits per heavy atom. The van der Waals surface area contributed by atoms with Gasteiger partial charge < -0.3 is 14.6 Å². The fourth-order valence-corrected chi connectivity index (χ4v) is 3.58. The first-order valence-corrected chi connectivity index (χ1v) is 11.3. The third-order valence-electron chi connectivity index (χ3n) is 4.87. The van der Waals surface area contributed by atoms with Crippen LogP contribution in [0.1, 0.15) is 31.9 Å². The number of thioether (sulfide) groups is 1. The van der Waals surface area contributed by atoms with Crippen LogP contribution in [0.5, 0.6) is 0 Å². The van der Waals surface area contributed by atoms with E-state index >= 15 is 0 Å². The second-order valence-electron chi connectivity index (χ2n) is 8.65. The molecule has 0 aliphatic heterocycles. The molecular weight excluding hydrogens is 424 g/mol. The number of likely N-dealkylation sites (N-methyl/N-ethyl adjacent to an activating group) is 1. The number of aromatic nitrogens is 2. The fraction of sp³-hybridized carbons (Fsp3) is 0.333. The number of amides is 2. The van der Waals surface area contributed by atoms with Crippen LogP contribution in [-0.4, -0.2) is 46.3 Å². The van der Waals surface area contributed by atoms with Crippen molar-refractivity contribution in [1.29, 1.82) is 0 Å². The van der Waals surface area contributed by atoms with Gasteiger partial charge in [-0.2, -0.15) is 0 Å². The summed E-state index contributed by atoms with van der Waals surface area (Å²) < 4.78 is 5.69. The maximum Gasteiger partial charge on any atom is 0.277 e. The van der Waals surface area contributed by atoms with Gasteiger partial charge in [-0.05, 0) is 42.2 Å². The van der Waals surface area contributed by atoms with Gasteiger partial charge in [0.15, 0.2) is 0 Å². The molecule has 0 aliphatic carbocycles. The predicted molar refractivity (Wildman–Crippen MR) is 127 cm³/mol. The Labute approximate surface area is 192 Å². The van der Waals surface area contributed by atoms with Crippen molar-refractivity contribution in [2.24, 2.45) is 0 Å². The van der Waals surface area contributed by atoms with Gasteiger partial charge in [-0.15, -0.1) is 10.2 Å². The van der Waals surface area contributed by atoms with Crippen molar-refractivity contribution in [2.75, 3.05) is 24.7 Å². The van der Waals surface area contributed by atoms with E-state index in [1.54, 1.807) is 7.05 Å². The van der Waals surface area contributed by atoms with Gasteiger partial charge in [0.05, 0.1) is 12.3 Å². The summed E-state index contributed by atoms with van der Waals surface area (Å²) in [6.45, 7) is 8.41. The summed E-state index contributed by atoms with van der Waals surface area (Å²) in [6, 6.07) is 15.5. The Balaban J connectivity index is 1.50. The molecule has 0 spiro atoms. The maximum atomic E-state index is 12.4. The summed E-state index contributed by atoms with van der Waals surface area (Å²) in [5.74, 6) is 0.0434. The molecule has 0 radical (unpaired) electrons. The van der Waals surface area contributed by atoms with E-state index < -0.39 is 0 Å². The highest BCUT2D eigenvalue weighted by Crippen LogP contribution is 2.27. The minimum atomic E-state index is -0.256. The molecule has 3 rings (SSSR count). The van der Waals surface area contributed by atoms with Crippen LogP contribution in [0, 0.1) is 6.92 Å². The Kier molecular flexibility index (Phi) is 7.35. The zero-order valence-electron chi connectivity index (χ0n) is 19.0. The number of nitrogens with one attached hydrogen (secondary N) is 1. The van der Waals surface area contributed by atoms with Crippen LogP contribution in [0.25, 0.3) is 11.5 Å². The predicted octanol–water partition coefficient (Wildman–Crippen LogP) is 4.53. The minimum absolute atomic E-state index is 0.0392. The zero-order valence-corrected chi connectivity index (χ0v) is 19.8. The third-order valence-corrected chi connectivity index (χ3v) is 5.67. The number of aryl methyl sites for hydroxylation is 1. The van der Waals surface area contributed by atoms with Gasteiger partial charge in [-0.25, -0.2) is 0 Å². The number of nitrogens with zero attached hydrogens (tertiary/aromatic N) is 3. The number of hydrogen-bond acceptors (Lipinski definition) is 6. The smallest absolute Gasteiger partial charge is 0.277 e. The van der Waals surface area contributed by atoms with E-state index in [0.29, 0.717) is 16.8 Å². The standard InChI is InChI=1S/C24H28N4O3S/c1-16-6-12-19(13-7-16)25-20(29)14-28(5)21(30)15-32-23-27-26-22(31-23)17-8-10-18(11-9-17)24(2,3)4/h6-13H,14-15H2,1-5H3,(H,25,29). The first-order valence-electron chi connectivity index (χ1n) is 10.3. The summed E-state index contributed by atoms with van der Waals surface area (Å²) >= 11 is 1.15. The van der Waals surface area contributed by atoms with Gasteiger partial charge in [0.25, 0.3) is 5.22 Å². The lowest BCUT2D eigenvalue weighted by molar-refractivity contribution is -0.131. The van der Waals surface area contributed by atoms with Crippen molar-refractivity contribution in [3.8, 4) is 11.5 Å². The fourth-order valence-electron chi connectivity index (χ4n) is 2.87. The van der Waals surface area contributed by atoms with E-state index in [9.17, 15) is 9.59 Å². The Hall–Kier alpha value is -3.13. The molecule has 0 bridgehead atoms. The van der Waals surface area contributed by atoms with E-state index in [4.69, 9.17) is 4.42 Å². The monoisotopic (exact) mass is 452 g/mol. The van der Waals surface area contributed by atoms with Crippen LogP contribution in [0.3, 0.4) is 0 Å². The van der Waals surface area contributed by atoms with Gasteiger partial charge in [-0.1, -0.05) is 62.4 Å². The number of rotatable bonds is 7. The van der Waals surface area contributed by atoms with E-state index in [-0.39, 0.29) is 29.5 Å². The number of carbonyl (C=O) groups is 2. The van der Waals surface area contributed by atoms with Crippen molar-refractivity contribution >= 4 is 29.3 Å². The lowest BCUT2D eigenvalue weighted by Gasteiger charge is -2.18. The van der Waals surface area contributed by atoms with Crippen LogP contribution in [-0.2, 0) is 15.0 Å². The van der Waals surface area contributed by atoms with Gasteiger partial charge in [-0.3, -0.25) is 9.59 Å². The second kappa shape index (κ2) is 9.99. The average molecular weight is 453 g/mol. The quantitative estimate of drug-likeness (QED) is 0.530. The molecule has 1 heterocycles. The van der Waals surface area contributed by atoms with E-state index in [0.717, 1.165) is 22.9 Å². The SMILES string of the molecule is Cc1ccc(NC(=O)CN(C)C(=O)CSc2nnc(-c3ccc(C(C)(C)C)cc3)o2)cc1. The molecule has 0 unspecified atom stereocenters. The highest BCUT2D eigenvalue weighted by atomic mass is 32.2. The molecule has 8 heteroatoms. The number of benzene rings is 2. The van der Waals surface area contributed by atoms with Crippen LogP contribution in [0.15, 0.2) is 58.2 Å². The van der Waals surface area contributed by atoms with Crippen molar-refractivity contribution in [3.63, 3.8) is 0 Å². The van der Waals surface area contributed by atoms with Crippen LogP contribution in [0.2, 0.25) is 0 Å². The van der Waals surface area contributed by atoms with Crippen LogP contribution < -0.4 is 5.32 Å². The van der Waals surface area contributed by atoms with Gasteiger partial charge >= 0.3 is 0 Å². The molecule has 0 atom stereocenters. The molecule has 0 fully saturated rings.